The molecule has 3 aromatic carbocycles. The summed E-state index contributed by atoms with van der Waals surface area (Å²) in [4.78, 5) is 12.0. The zero-order valence-electron chi connectivity index (χ0n) is 18.5. The van der Waals surface area contributed by atoms with Crippen molar-refractivity contribution in [3.63, 3.8) is 0 Å². The number of aliphatic carboxylic acids is 1. The molecule has 1 atom stereocenters. The van der Waals surface area contributed by atoms with E-state index in [0.29, 0.717) is 40.0 Å². The summed E-state index contributed by atoms with van der Waals surface area (Å²) in [6.45, 7) is 5.59. The second kappa shape index (κ2) is 9.65. The van der Waals surface area contributed by atoms with Crippen LogP contribution in [0, 0.1) is 18.7 Å². The topological polar surface area (TPSA) is 49.3 Å². The minimum Gasteiger partial charge on any atom is -0.481 e. The normalized spacial score (nSPS) is 12.6. The van der Waals surface area contributed by atoms with E-state index in [1.165, 1.54) is 24.3 Å². The van der Waals surface area contributed by atoms with E-state index in [0.717, 1.165) is 12.1 Å². The number of benzene rings is 3. The molecule has 3 rings (SSSR count). The van der Waals surface area contributed by atoms with Gasteiger partial charge in [-0.25, -0.2) is 4.39 Å². The molecule has 7 heteroatoms. The number of anilines is 2. The third-order valence-corrected chi connectivity index (χ3v) is 5.24. The molecule has 0 spiro atoms. The van der Waals surface area contributed by atoms with Gasteiger partial charge < -0.3 is 10.4 Å². The molecule has 0 aromatic heterocycles. The SMILES string of the molecule is Cc1cc(F)cc(Nc2cc(-c3ccc(C(F)(F)F)cc3)cc(C(CC(C)C)C(=O)O)c2)c1. The summed E-state index contributed by atoms with van der Waals surface area (Å²) in [7, 11) is 0. The quantitative estimate of drug-likeness (QED) is 0.355. The van der Waals surface area contributed by atoms with Crippen molar-refractivity contribution in [2.45, 2.75) is 39.3 Å². The first-order valence-electron chi connectivity index (χ1n) is 10.5. The number of halogens is 4. The van der Waals surface area contributed by atoms with Crippen LogP contribution in [0.3, 0.4) is 0 Å². The molecule has 0 amide bonds. The van der Waals surface area contributed by atoms with Crippen molar-refractivity contribution in [3.8, 4) is 11.1 Å². The van der Waals surface area contributed by atoms with E-state index >= 15 is 0 Å². The molecule has 3 nitrogen and oxygen atoms in total. The molecule has 0 aliphatic heterocycles. The molecule has 0 saturated carbocycles. The van der Waals surface area contributed by atoms with E-state index in [-0.39, 0.29) is 5.92 Å². The molecule has 0 radical (unpaired) electrons. The predicted octanol–water partition coefficient (Wildman–Crippen LogP) is 7.78. The zero-order valence-corrected chi connectivity index (χ0v) is 18.5. The van der Waals surface area contributed by atoms with Crippen molar-refractivity contribution in [1.82, 2.24) is 0 Å². The third kappa shape index (κ3) is 6.34. The Morgan fingerprint density at radius 3 is 2.12 bits per heavy atom. The smallest absolute Gasteiger partial charge is 0.416 e. The van der Waals surface area contributed by atoms with Crippen molar-refractivity contribution in [2.75, 3.05) is 5.32 Å². The first-order chi connectivity index (χ1) is 15.4. The van der Waals surface area contributed by atoms with Gasteiger partial charge in [-0.3, -0.25) is 4.79 Å². The number of rotatable bonds is 7. The molecule has 0 bridgehead atoms. The van der Waals surface area contributed by atoms with Gasteiger partial charge in [0.2, 0.25) is 0 Å². The fourth-order valence-electron chi connectivity index (χ4n) is 3.77. The van der Waals surface area contributed by atoms with Gasteiger partial charge in [0.25, 0.3) is 0 Å². The minimum atomic E-state index is -4.45. The number of carboxylic acid groups (broad SMARTS) is 1. The summed E-state index contributed by atoms with van der Waals surface area (Å²) in [5.74, 6) is -2.09. The summed E-state index contributed by atoms with van der Waals surface area (Å²) in [6.07, 6.45) is -4.06. The summed E-state index contributed by atoms with van der Waals surface area (Å²) in [6, 6.07) is 14.2. The van der Waals surface area contributed by atoms with Crippen LogP contribution in [0.4, 0.5) is 28.9 Å². The van der Waals surface area contributed by atoms with Gasteiger partial charge in [-0.15, -0.1) is 0 Å². The molecule has 0 saturated heterocycles. The van der Waals surface area contributed by atoms with E-state index in [1.807, 2.05) is 13.8 Å². The molecular formula is C26H25F4NO2. The van der Waals surface area contributed by atoms with E-state index in [2.05, 4.69) is 5.32 Å². The number of carbonyl (C=O) groups is 1. The van der Waals surface area contributed by atoms with E-state index in [1.54, 1.807) is 31.2 Å². The number of hydrogen-bond donors (Lipinski definition) is 2. The summed E-state index contributed by atoms with van der Waals surface area (Å²) < 4.78 is 52.8. The predicted molar refractivity (Wildman–Crippen MR) is 121 cm³/mol. The second-order valence-corrected chi connectivity index (χ2v) is 8.58. The Hall–Kier alpha value is -3.35. The maximum absolute atomic E-state index is 13.9. The van der Waals surface area contributed by atoms with Gasteiger partial charge in [0.15, 0.2) is 0 Å². The van der Waals surface area contributed by atoms with Crippen LogP contribution < -0.4 is 5.32 Å². The van der Waals surface area contributed by atoms with Gasteiger partial charge in [0.05, 0.1) is 11.5 Å². The van der Waals surface area contributed by atoms with Crippen LogP contribution in [0.5, 0.6) is 0 Å². The lowest BCUT2D eigenvalue weighted by molar-refractivity contribution is -0.139. The number of carboxylic acids is 1. The van der Waals surface area contributed by atoms with E-state index in [9.17, 15) is 27.5 Å². The standard InChI is InChI=1S/C26H25F4NO2/c1-15(2)8-24(25(32)33)19-11-18(17-4-6-20(7-5-17)26(28,29)30)12-23(13-19)31-22-10-16(3)9-21(27)14-22/h4-7,9-15,24,31H,8H2,1-3H3,(H,32,33). The number of nitrogens with one attached hydrogen (secondary N) is 1. The number of alkyl halides is 3. The molecule has 0 fully saturated rings. The minimum absolute atomic E-state index is 0.114. The summed E-state index contributed by atoms with van der Waals surface area (Å²) in [5.41, 5.74) is 2.54. The Kier molecular flexibility index (Phi) is 7.10. The molecule has 0 aliphatic carbocycles. The maximum Gasteiger partial charge on any atom is 0.416 e. The maximum atomic E-state index is 13.9. The van der Waals surface area contributed by atoms with E-state index < -0.39 is 29.4 Å². The van der Waals surface area contributed by atoms with Crippen LogP contribution in [0.1, 0.15) is 42.9 Å². The summed E-state index contributed by atoms with van der Waals surface area (Å²) >= 11 is 0. The Morgan fingerprint density at radius 2 is 1.58 bits per heavy atom. The van der Waals surface area contributed by atoms with Gasteiger partial charge in [0.1, 0.15) is 5.82 Å². The highest BCUT2D eigenvalue weighted by atomic mass is 19.4. The van der Waals surface area contributed by atoms with Crippen molar-refractivity contribution >= 4 is 17.3 Å². The zero-order chi connectivity index (χ0) is 24.3. The van der Waals surface area contributed by atoms with Gasteiger partial charge in [-0.1, -0.05) is 32.0 Å². The molecule has 0 aliphatic rings. The lowest BCUT2D eigenvalue weighted by Crippen LogP contribution is -2.14. The van der Waals surface area contributed by atoms with Crippen LogP contribution in [-0.2, 0) is 11.0 Å². The Balaban J connectivity index is 2.09. The largest absolute Gasteiger partial charge is 0.481 e. The van der Waals surface area contributed by atoms with Crippen LogP contribution in [0.25, 0.3) is 11.1 Å². The van der Waals surface area contributed by atoms with E-state index in [4.69, 9.17) is 0 Å². The lowest BCUT2D eigenvalue weighted by Gasteiger charge is -2.19. The highest BCUT2D eigenvalue weighted by Gasteiger charge is 2.30. The molecule has 1 unspecified atom stereocenters. The Morgan fingerprint density at radius 1 is 0.939 bits per heavy atom. The molecule has 0 heterocycles. The summed E-state index contributed by atoms with van der Waals surface area (Å²) in [5, 5.41) is 12.9. The Labute approximate surface area is 190 Å². The molecule has 33 heavy (non-hydrogen) atoms. The number of aryl methyl sites for hydroxylation is 1. The number of hydrogen-bond acceptors (Lipinski definition) is 2. The average Bonchev–Trinajstić information content (AvgIpc) is 2.70. The van der Waals surface area contributed by atoms with Gasteiger partial charge in [-0.2, -0.15) is 13.2 Å². The van der Waals surface area contributed by atoms with Crippen LogP contribution in [0.2, 0.25) is 0 Å². The average molecular weight is 459 g/mol. The van der Waals surface area contributed by atoms with Crippen molar-refractivity contribution in [1.29, 1.82) is 0 Å². The van der Waals surface area contributed by atoms with Crippen LogP contribution in [-0.4, -0.2) is 11.1 Å². The fraction of sp³-hybridized carbons (Fsp3) is 0.269. The molecular weight excluding hydrogens is 434 g/mol. The van der Waals surface area contributed by atoms with Crippen molar-refractivity contribution in [2.24, 2.45) is 5.92 Å². The Bertz CT molecular complexity index is 1120. The molecule has 3 aromatic rings. The van der Waals surface area contributed by atoms with Gasteiger partial charge in [0, 0.05) is 11.4 Å². The van der Waals surface area contributed by atoms with Crippen molar-refractivity contribution < 1.29 is 27.5 Å². The lowest BCUT2D eigenvalue weighted by atomic mass is 9.88. The van der Waals surface area contributed by atoms with Gasteiger partial charge in [-0.05, 0) is 84.0 Å². The highest BCUT2D eigenvalue weighted by molar-refractivity contribution is 5.80. The first-order valence-corrected chi connectivity index (χ1v) is 10.5. The van der Waals surface area contributed by atoms with Crippen molar-refractivity contribution in [3.05, 3.63) is 83.2 Å². The van der Waals surface area contributed by atoms with Crippen LogP contribution >= 0.6 is 0 Å². The molecule has 2 N–H and O–H groups in total. The second-order valence-electron chi connectivity index (χ2n) is 8.58. The monoisotopic (exact) mass is 459 g/mol. The van der Waals surface area contributed by atoms with Crippen LogP contribution in [0.15, 0.2) is 60.7 Å². The third-order valence-electron chi connectivity index (χ3n) is 5.24. The highest BCUT2D eigenvalue weighted by Crippen LogP contribution is 2.35. The fourth-order valence-corrected chi connectivity index (χ4v) is 3.77. The first kappa shape index (κ1) is 24.3. The van der Waals surface area contributed by atoms with Gasteiger partial charge >= 0.3 is 12.1 Å². The molecule has 174 valence electrons.